The molecule has 1 amide bonds. The van der Waals surface area contributed by atoms with E-state index < -0.39 is 5.92 Å². The molecule has 5 heteroatoms. The maximum Gasteiger partial charge on any atom is 0.225 e. The van der Waals surface area contributed by atoms with E-state index in [0.717, 1.165) is 11.3 Å². The molecular weight excluding hydrogens is 357 g/mol. The van der Waals surface area contributed by atoms with E-state index in [4.69, 9.17) is 4.74 Å². The molecule has 0 fully saturated rings. The first-order valence-corrected chi connectivity index (χ1v) is 9.60. The zero-order valence-corrected chi connectivity index (χ0v) is 15.7. The number of hydrogen-bond acceptors (Lipinski definition) is 3. The van der Waals surface area contributed by atoms with Crippen LogP contribution in [-0.4, -0.2) is 18.3 Å². The van der Waals surface area contributed by atoms with Crippen LogP contribution in [0.4, 0.5) is 4.39 Å². The molecule has 144 valence electrons. The van der Waals surface area contributed by atoms with E-state index in [1.165, 1.54) is 6.07 Å². The quantitative estimate of drug-likeness (QED) is 0.865. The van der Waals surface area contributed by atoms with Gasteiger partial charge in [0.1, 0.15) is 11.6 Å². The van der Waals surface area contributed by atoms with E-state index in [-0.39, 0.29) is 29.8 Å². The van der Waals surface area contributed by atoms with Gasteiger partial charge in [-0.05, 0) is 48.6 Å². The van der Waals surface area contributed by atoms with E-state index in [2.05, 4.69) is 5.32 Å². The van der Waals surface area contributed by atoms with Crippen LogP contribution in [0.1, 0.15) is 49.1 Å². The van der Waals surface area contributed by atoms with Crippen molar-refractivity contribution in [2.45, 2.75) is 38.0 Å². The fourth-order valence-electron chi connectivity index (χ4n) is 4.22. The number of ketones is 1. The number of nitrogens with one attached hydrogen (secondary N) is 1. The number of rotatable bonds is 4. The molecule has 0 aromatic heterocycles. The van der Waals surface area contributed by atoms with E-state index in [1.807, 2.05) is 31.2 Å². The van der Waals surface area contributed by atoms with Gasteiger partial charge < -0.3 is 10.1 Å². The van der Waals surface area contributed by atoms with Crippen molar-refractivity contribution in [3.63, 3.8) is 0 Å². The van der Waals surface area contributed by atoms with Crippen LogP contribution in [0.3, 0.4) is 0 Å². The Morgan fingerprint density at radius 1 is 1.04 bits per heavy atom. The second kappa shape index (κ2) is 7.58. The van der Waals surface area contributed by atoms with Crippen molar-refractivity contribution in [3.8, 4) is 5.75 Å². The minimum Gasteiger partial charge on any atom is -0.494 e. The van der Waals surface area contributed by atoms with Crippen LogP contribution in [0.15, 0.2) is 59.8 Å². The van der Waals surface area contributed by atoms with Gasteiger partial charge in [0.15, 0.2) is 5.78 Å². The molecule has 0 radical (unpaired) electrons. The number of halogens is 1. The summed E-state index contributed by atoms with van der Waals surface area (Å²) in [6, 6.07) is 14.1. The average Bonchev–Trinajstić information content (AvgIpc) is 2.68. The molecule has 2 aliphatic rings. The van der Waals surface area contributed by atoms with Gasteiger partial charge in [-0.3, -0.25) is 9.59 Å². The van der Waals surface area contributed by atoms with Gasteiger partial charge in [0.05, 0.1) is 6.61 Å². The molecule has 2 unspecified atom stereocenters. The molecule has 0 saturated carbocycles. The Bertz CT molecular complexity index is 949. The Morgan fingerprint density at radius 2 is 1.79 bits per heavy atom. The van der Waals surface area contributed by atoms with Crippen molar-refractivity contribution in [2.75, 3.05) is 6.61 Å². The molecule has 1 N–H and O–H groups in total. The molecule has 1 heterocycles. The molecule has 0 bridgehead atoms. The number of allylic oxidation sites excluding steroid dienone is 2. The molecule has 2 aromatic rings. The Morgan fingerprint density at radius 3 is 2.50 bits per heavy atom. The third kappa shape index (κ3) is 3.44. The first kappa shape index (κ1) is 18.4. The largest absolute Gasteiger partial charge is 0.494 e. The normalized spacial score (nSPS) is 21.9. The summed E-state index contributed by atoms with van der Waals surface area (Å²) in [4.78, 5) is 25.3. The lowest BCUT2D eigenvalue weighted by atomic mass is 9.73. The molecule has 1 aliphatic heterocycles. The summed E-state index contributed by atoms with van der Waals surface area (Å²) >= 11 is 0. The highest BCUT2D eigenvalue weighted by Crippen LogP contribution is 2.43. The highest BCUT2D eigenvalue weighted by molar-refractivity contribution is 6.02. The Labute approximate surface area is 163 Å². The maximum absolute atomic E-state index is 14.4. The van der Waals surface area contributed by atoms with Crippen LogP contribution in [0.2, 0.25) is 0 Å². The zero-order chi connectivity index (χ0) is 19.7. The summed E-state index contributed by atoms with van der Waals surface area (Å²) in [5.41, 5.74) is 2.65. The lowest BCUT2D eigenvalue weighted by molar-refractivity contribution is -0.122. The lowest BCUT2D eigenvalue weighted by Crippen LogP contribution is -2.38. The Hall–Kier alpha value is -2.95. The summed E-state index contributed by atoms with van der Waals surface area (Å²) in [5.74, 6) is -0.310. The Kier molecular flexibility index (Phi) is 4.99. The molecule has 4 rings (SSSR count). The molecule has 1 aliphatic carbocycles. The third-order valence-electron chi connectivity index (χ3n) is 5.48. The smallest absolute Gasteiger partial charge is 0.225 e. The number of carbonyl (C=O) groups is 2. The summed E-state index contributed by atoms with van der Waals surface area (Å²) in [7, 11) is 0. The van der Waals surface area contributed by atoms with Gasteiger partial charge in [-0.15, -0.1) is 0 Å². The number of benzene rings is 2. The van der Waals surface area contributed by atoms with Gasteiger partial charge in [0.2, 0.25) is 5.91 Å². The van der Waals surface area contributed by atoms with Gasteiger partial charge >= 0.3 is 0 Å². The van der Waals surface area contributed by atoms with Crippen LogP contribution in [0.25, 0.3) is 0 Å². The topological polar surface area (TPSA) is 55.4 Å². The first-order chi connectivity index (χ1) is 13.6. The Balaban J connectivity index is 1.66. The first-order valence-electron chi connectivity index (χ1n) is 9.60. The van der Waals surface area contributed by atoms with Crippen molar-refractivity contribution in [3.05, 3.63) is 76.7 Å². The number of carbonyl (C=O) groups excluding carboxylic acids is 2. The van der Waals surface area contributed by atoms with Crippen LogP contribution < -0.4 is 10.1 Å². The molecule has 2 atom stereocenters. The summed E-state index contributed by atoms with van der Waals surface area (Å²) in [6.45, 7) is 2.53. The SMILES string of the molecule is CCOc1ccc(C2CC(=O)C3=C(C2)NC(=O)CC3c2ccccc2F)cc1. The molecule has 0 spiro atoms. The van der Waals surface area contributed by atoms with Crippen LogP contribution in [0, 0.1) is 5.82 Å². The summed E-state index contributed by atoms with van der Waals surface area (Å²) in [5, 5.41) is 2.87. The monoisotopic (exact) mass is 379 g/mol. The fourth-order valence-corrected chi connectivity index (χ4v) is 4.22. The molecular formula is C23H22FNO3. The van der Waals surface area contributed by atoms with Crippen molar-refractivity contribution in [1.82, 2.24) is 5.32 Å². The number of hydrogen-bond donors (Lipinski definition) is 1. The van der Waals surface area contributed by atoms with E-state index in [1.54, 1.807) is 18.2 Å². The second-order valence-electron chi connectivity index (χ2n) is 7.25. The van der Waals surface area contributed by atoms with Crippen LogP contribution in [0.5, 0.6) is 5.75 Å². The van der Waals surface area contributed by atoms with Crippen molar-refractivity contribution >= 4 is 11.7 Å². The highest BCUT2D eigenvalue weighted by atomic mass is 19.1. The van der Waals surface area contributed by atoms with Crippen molar-refractivity contribution in [1.29, 1.82) is 0 Å². The molecule has 4 nitrogen and oxygen atoms in total. The molecule has 2 aromatic carbocycles. The number of ether oxygens (including phenoxy) is 1. The molecule has 28 heavy (non-hydrogen) atoms. The zero-order valence-electron chi connectivity index (χ0n) is 15.7. The predicted molar refractivity (Wildman–Crippen MR) is 104 cm³/mol. The third-order valence-corrected chi connectivity index (χ3v) is 5.48. The van der Waals surface area contributed by atoms with Crippen LogP contribution >= 0.6 is 0 Å². The van der Waals surface area contributed by atoms with Gasteiger partial charge in [0.25, 0.3) is 0 Å². The number of amides is 1. The van der Waals surface area contributed by atoms with E-state index in [0.29, 0.717) is 36.3 Å². The van der Waals surface area contributed by atoms with E-state index >= 15 is 0 Å². The van der Waals surface area contributed by atoms with Crippen LogP contribution in [-0.2, 0) is 9.59 Å². The second-order valence-corrected chi connectivity index (χ2v) is 7.25. The summed E-state index contributed by atoms with van der Waals surface area (Å²) < 4.78 is 19.8. The van der Waals surface area contributed by atoms with Gasteiger partial charge in [-0.1, -0.05) is 30.3 Å². The van der Waals surface area contributed by atoms with Crippen molar-refractivity contribution < 1.29 is 18.7 Å². The average molecular weight is 379 g/mol. The minimum absolute atomic E-state index is 0.0124. The van der Waals surface area contributed by atoms with Gasteiger partial charge in [0, 0.05) is 30.0 Å². The van der Waals surface area contributed by atoms with E-state index in [9.17, 15) is 14.0 Å². The standard InChI is InChI=1S/C23H22FNO3/c1-2-28-16-9-7-14(8-10-16)15-11-20-23(21(26)12-15)18(13-22(27)25-20)17-5-3-4-6-19(17)24/h3-10,15,18H,2,11-13H2,1H3,(H,25,27). The van der Waals surface area contributed by atoms with Gasteiger partial charge in [-0.2, -0.15) is 0 Å². The maximum atomic E-state index is 14.4. The fraction of sp³-hybridized carbons (Fsp3) is 0.304. The lowest BCUT2D eigenvalue weighted by Gasteiger charge is -2.34. The number of Topliss-reactive ketones (excluding diaryl/α,β-unsaturated/α-hetero) is 1. The predicted octanol–water partition coefficient (Wildman–Crippen LogP) is 4.23. The van der Waals surface area contributed by atoms with Gasteiger partial charge in [-0.25, -0.2) is 4.39 Å². The highest BCUT2D eigenvalue weighted by Gasteiger charge is 2.38. The summed E-state index contributed by atoms with van der Waals surface area (Å²) in [6.07, 6.45) is 1.01. The molecule has 0 saturated heterocycles. The van der Waals surface area contributed by atoms with Crippen molar-refractivity contribution in [2.24, 2.45) is 0 Å². The minimum atomic E-state index is -0.515.